The van der Waals surface area contributed by atoms with Gasteiger partial charge < -0.3 is 10.1 Å². The van der Waals surface area contributed by atoms with Crippen molar-refractivity contribution in [3.8, 4) is 0 Å². The second-order valence-electron chi connectivity index (χ2n) is 5.99. The van der Waals surface area contributed by atoms with Crippen LogP contribution in [0.25, 0.3) is 0 Å². The normalized spacial score (nSPS) is 11.2. The summed E-state index contributed by atoms with van der Waals surface area (Å²) in [6, 6.07) is 0. The number of allylic oxidation sites excluding steroid dienone is 1. The van der Waals surface area contributed by atoms with Crippen molar-refractivity contribution in [2.24, 2.45) is 10.8 Å². The number of hydrogen-bond acceptors (Lipinski definition) is 3. The van der Waals surface area contributed by atoms with Crippen LogP contribution >= 0.6 is 0 Å². The largest absolute Gasteiger partial charge is 0.469 e. The van der Waals surface area contributed by atoms with E-state index in [1.807, 2.05) is 13.8 Å². The topological polar surface area (TPSA) is 38.3 Å². The molecule has 0 atom stereocenters. The molecule has 0 aliphatic rings. The van der Waals surface area contributed by atoms with E-state index in [1.165, 1.54) is 7.11 Å². The molecule has 0 aliphatic heterocycles. The van der Waals surface area contributed by atoms with Crippen LogP contribution < -0.4 is 5.32 Å². The fraction of sp³-hybridized carbons (Fsp3) is 0.812. The molecule has 0 amide bonds. The first-order valence-corrected chi connectivity index (χ1v) is 7.14. The monoisotopic (exact) mass is 271 g/mol. The Hall–Kier alpha value is -0.990. The number of ether oxygens (including phenoxy) is 1. The number of esters is 1. The molecule has 1 N–H and O–H groups in total. The van der Waals surface area contributed by atoms with Crippen LogP contribution in [0.15, 0.2) is 12.3 Å². The Morgan fingerprint density at radius 3 is 2.05 bits per heavy atom. The minimum atomic E-state index is -0.153. The van der Waals surface area contributed by atoms with E-state index >= 15 is 0 Å². The zero-order chi connectivity index (χ0) is 15.7. The number of carbonyl (C=O) groups excluding carboxylic acids is 1. The van der Waals surface area contributed by atoms with Gasteiger partial charge in [0.1, 0.15) is 0 Å². The Bertz CT molecular complexity index is 280. The average molecular weight is 271 g/mol. The molecule has 0 bridgehead atoms. The summed E-state index contributed by atoms with van der Waals surface area (Å²) in [6.07, 6.45) is 1.33. The van der Waals surface area contributed by atoms with Gasteiger partial charge in [-0.15, -0.1) is 0 Å². The third-order valence-electron chi connectivity index (χ3n) is 2.98. The molecule has 0 aromatic heterocycles. The first-order valence-electron chi connectivity index (χ1n) is 7.14. The lowest BCUT2D eigenvalue weighted by molar-refractivity contribution is -0.143. The van der Waals surface area contributed by atoms with Crippen LogP contribution in [0.4, 0.5) is 0 Å². The van der Waals surface area contributed by atoms with E-state index in [0.717, 1.165) is 18.7 Å². The first kappa shape index (κ1) is 20.3. The summed E-state index contributed by atoms with van der Waals surface area (Å²) in [6.45, 7) is 19.5. The van der Waals surface area contributed by atoms with Crippen molar-refractivity contribution in [1.29, 1.82) is 0 Å². The Morgan fingerprint density at radius 2 is 1.68 bits per heavy atom. The molecule has 3 nitrogen and oxygen atoms in total. The SMILES string of the molecule is C=C(NCC)C(C)(C)CC(C)(C)CC(=O)OC.CC. The van der Waals surface area contributed by atoms with Gasteiger partial charge >= 0.3 is 5.97 Å². The third-order valence-corrected chi connectivity index (χ3v) is 2.98. The zero-order valence-electron chi connectivity index (χ0n) is 14.1. The van der Waals surface area contributed by atoms with Crippen molar-refractivity contribution in [3.05, 3.63) is 12.3 Å². The average Bonchev–Trinajstić information content (AvgIpc) is 2.29. The molecule has 0 aromatic carbocycles. The van der Waals surface area contributed by atoms with Gasteiger partial charge in [-0.3, -0.25) is 4.79 Å². The van der Waals surface area contributed by atoms with Crippen LogP contribution in [0, 0.1) is 10.8 Å². The van der Waals surface area contributed by atoms with Gasteiger partial charge in [0.2, 0.25) is 0 Å². The summed E-state index contributed by atoms with van der Waals surface area (Å²) >= 11 is 0. The highest BCUT2D eigenvalue weighted by molar-refractivity contribution is 5.69. The van der Waals surface area contributed by atoms with Crippen molar-refractivity contribution in [2.45, 2.75) is 61.3 Å². The number of methoxy groups -OCH3 is 1. The van der Waals surface area contributed by atoms with Gasteiger partial charge in [0.25, 0.3) is 0 Å². The molecule has 0 aliphatic carbocycles. The molecule has 3 heteroatoms. The fourth-order valence-electron chi connectivity index (χ4n) is 2.28. The molecule has 0 aromatic rings. The standard InChI is InChI=1S/C14H27NO2.C2H6/c1-8-15-11(2)14(5,6)10-13(3,4)9-12(16)17-7;1-2/h15H,2,8-10H2,1,3-7H3;1-2H3. The zero-order valence-corrected chi connectivity index (χ0v) is 14.1. The highest BCUT2D eigenvalue weighted by Gasteiger charge is 2.32. The Balaban J connectivity index is 0. The Labute approximate surface area is 119 Å². The molecule has 0 rings (SSSR count). The third kappa shape index (κ3) is 8.68. The van der Waals surface area contributed by atoms with Gasteiger partial charge in [-0.2, -0.15) is 0 Å². The van der Waals surface area contributed by atoms with E-state index in [1.54, 1.807) is 0 Å². The maximum Gasteiger partial charge on any atom is 0.306 e. The van der Waals surface area contributed by atoms with Gasteiger partial charge in [-0.1, -0.05) is 48.1 Å². The molecular weight excluding hydrogens is 238 g/mol. The van der Waals surface area contributed by atoms with Crippen molar-refractivity contribution < 1.29 is 9.53 Å². The lowest BCUT2D eigenvalue weighted by Crippen LogP contribution is -2.32. The van der Waals surface area contributed by atoms with E-state index in [2.05, 4.69) is 46.5 Å². The van der Waals surface area contributed by atoms with E-state index in [-0.39, 0.29) is 16.8 Å². The van der Waals surface area contributed by atoms with Crippen molar-refractivity contribution in [2.75, 3.05) is 13.7 Å². The maximum atomic E-state index is 11.3. The number of carbonyl (C=O) groups is 1. The maximum absolute atomic E-state index is 11.3. The van der Waals surface area contributed by atoms with Crippen LogP contribution in [0.3, 0.4) is 0 Å². The van der Waals surface area contributed by atoms with Crippen LogP contribution in [0.1, 0.15) is 61.3 Å². The predicted octanol–water partition coefficient (Wildman–Crippen LogP) is 4.14. The summed E-state index contributed by atoms with van der Waals surface area (Å²) in [5.41, 5.74) is 0.903. The molecule has 0 saturated heterocycles. The van der Waals surface area contributed by atoms with E-state index < -0.39 is 0 Å². The van der Waals surface area contributed by atoms with E-state index in [9.17, 15) is 4.79 Å². The molecule has 0 radical (unpaired) electrons. The quantitative estimate of drug-likeness (QED) is 0.707. The lowest BCUT2D eigenvalue weighted by Gasteiger charge is -2.36. The molecule has 0 heterocycles. The van der Waals surface area contributed by atoms with Crippen LogP contribution in [0.2, 0.25) is 0 Å². The molecule has 19 heavy (non-hydrogen) atoms. The van der Waals surface area contributed by atoms with Crippen LogP contribution in [-0.4, -0.2) is 19.6 Å². The second-order valence-corrected chi connectivity index (χ2v) is 5.99. The second kappa shape index (κ2) is 9.00. The smallest absolute Gasteiger partial charge is 0.306 e. The van der Waals surface area contributed by atoms with E-state index in [4.69, 9.17) is 4.74 Å². The molecular formula is C16H33NO2. The number of nitrogens with one attached hydrogen (secondary N) is 1. The molecule has 0 saturated carbocycles. The van der Waals surface area contributed by atoms with Gasteiger partial charge in [0, 0.05) is 17.7 Å². The molecule has 114 valence electrons. The highest BCUT2D eigenvalue weighted by Crippen LogP contribution is 2.39. The van der Waals surface area contributed by atoms with Gasteiger partial charge in [-0.25, -0.2) is 0 Å². The first-order chi connectivity index (χ1) is 8.64. The molecule has 0 spiro atoms. The van der Waals surface area contributed by atoms with E-state index in [0.29, 0.717) is 6.42 Å². The summed E-state index contributed by atoms with van der Waals surface area (Å²) in [4.78, 5) is 11.3. The predicted molar refractivity (Wildman–Crippen MR) is 83.0 cm³/mol. The summed E-state index contributed by atoms with van der Waals surface area (Å²) in [5, 5.41) is 3.27. The minimum absolute atomic E-state index is 0.0342. The fourth-order valence-corrected chi connectivity index (χ4v) is 2.28. The molecule has 0 unspecified atom stereocenters. The lowest BCUT2D eigenvalue weighted by atomic mass is 9.72. The van der Waals surface area contributed by atoms with Crippen LogP contribution in [-0.2, 0) is 9.53 Å². The van der Waals surface area contributed by atoms with Crippen molar-refractivity contribution in [3.63, 3.8) is 0 Å². The highest BCUT2D eigenvalue weighted by atomic mass is 16.5. The number of rotatable bonds is 7. The summed E-state index contributed by atoms with van der Waals surface area (Å²) in [5.74, 6) is -0.153. The summed E-state index contributed by atoms with van der Waals surface area (Å²) < 4.78 is 4.73. The van der Waals surface area contributed by atoms with Crippen molar-refractivity contribution >= 4 is 5.97 Å². The number of hydrogen-bond donors (Lipinski definition) is 1. The van der Waals surface area contributed by atoms with Crippen molar-refractivity contribution in [1.82, 2.24) is 5.32 Å². The summed E-state index contributed by atoms with van der Waals surface area (Å²) in [7, 11) is 1.43. The minimum Gasteiger partial charge on any atom is -0.469 e. The Kier molecular flexibility index (Phi) is 9.63. The van der Waals surface area contributed by atoms with Crippen LogP contribution in [0.5, 0.6) is 0 Å². The van der Waals surface area contributed by atoms with Gasteiger partial charge in [0.05, 0.1) is 13.5 Å². The molecule has 0 fully saturated rings. The van der Waals surface area contributed by atoms with Gasteiger partial charge in [0.15, 0.2) is 0 Å². The van der Waals surface area contributed by atoms with Gasteiger partial charge in [-0.05, 0) is 18.8 Å². The Morgan fingerprint density at radius 1 is 1.21 bits per heavy atom.